The van der Waals surface area contributed by atoms with Crippen molar-refractivity contribution in [3.63, 3.8) is 0 Å². The first-order valence-electron chi connectivity index (χ1n) is 6.40. The molecule has 0 bridgehead atoms. The maximum atomic E-state index is 4.52. The van der Waals surface area contributed by atoms with Crippen LogP contribution in [0.25, 0.3) is 0 Å². The molecule has 0 aromatic heterocycles. The normalized spacial score (nSPS) is 13.2. The molecule has 0 aromatic rings. The summed E-state index contributed by atoms with van der Waals surface area (Å²) in [7, 11) is 0. The highest BCUT2D eigenvalue weighted by molar-refractivity contribution is 8.06. The van der Waals surface area contributed by atoms with Crippen molar-refractivity contribution in [2.75, 3.05) is 0 Å². The molecule has 0 spiro atoms. The van der Waals surface area contributed by atoms with Crippen LogP contribution in [0.15, 0.2) is 89.9 Å². The van der Waals surface area contributed by atoms with Gasteiger partial charge in [-0.25, -0.2) is 0 Å². The third kappa shape index (κ3) is 7.59. The van der Waals surface area contributed by atoms with E-state index in [1.807, 2.05) is 30.5 Å². The van der Waals surface area contributed by atoms with Gasteiger partial charge in [-0.15, -0.1) is 0 Å². The van der Waals surface area contributed by atoms with Gasteiger partial charge in [0.05, 0.1) is 5.71 Å². The van der Waals surface area contributed by atoms with Crippen LogP contribution in [0, 0.1) is 5.92 Å². The lowest BCUT2D eigenvalue weighted by atomic mass is 10.1. The van der Waals surface area contributed by atoms with E-state index in [1.54, 1.807) is 17.6 Å². The fourth-order valence-corrected chi connectivity index (χ4v) is 1.75. The molecule has 0 saturated carbocycles. The molecule has 20 heavy (non-hydrogen) atoms. The minimum atomic E-state index is 0.455. The lowest BCUT2D eigenvalue weighted by Gasteiger charge is -2.08. The Morgan fingerprint density at radius 1 is 1.15 bits per heavy atom. The molecule has 0 rings (SSSR count). The second kappa shape index (κ2) is 11.1. The summed E-state index contributed by atoms with van der Waals surface area (Å²) in [6, 6.07) is 0. The summed E-state index contributed by atoms with van der Waals surface area (Å²) >= 11 is 1.46. The Morgan fingerprint density at radius 3 is 2.35 bits per heavy atom. The monoisotopic (exact) mass is 285 g/mol. The summed E-state index contributed by atoms with van der Waals surface area (Å²) < 4.78 is 0. The number of nitrogens with zero attached hydrogens (tertiary/aromatic N) is 1. The fraction of sp³-hybridized carbons (Fsp3) is 0.167. The largest absolute Gasteiger partial charge is 0.255 e. The molecule has 106 valence electrons. The average molecular weight is 285 g/mol. The van der Waals surface area contributed by atoms with Crippen molar-refractivity contribution in [2.24, 2.45) is 10.9 Å². The van der Waals surface area contributed by atoms with Crippen molar-refractivity contribution in [2.45, 2.75) is 13.8 Å². The van der Waals surface area contributed by atoms with Crippen molar-refractivity contribution >= 4 is 17.5 Å². The van der Waals surface area contributed by atoms with Crippen LogP contribution in [-0.4, -0.2) is 5.71 Å². The summed E-state index contributed by atoms with van der Waals surface area (Å²) in [6.45, 7) is 19.4. The summed E-state index contributed by atoms with van der Waals surface area (Å²) in [5.74, 6) is 0.455. The quantitative estimate of drug-likeness (QED) is 0.383. The van der Waals surface area contributed by atoms with Crippen molar-refractivity contribution in [3.8, 4) is 0 Å². The first kappa shape index (κ1) is 18.2. The first-order chi connectivity index (χ1) is 9.56. The fourth-order valence-electron chi connectivity index (χ4n) is 1.27. The second-order valence-electron chi connectivity index (χ2n) is 4.22. The molecular weight excluding hydrogens is 262 g/mol. The number of aliphatic imine (C=N–C) groups is 1. The molecule has 0 N–H and O–H groups in total. The molecule has 0 saturated heterocycles. The molecule has 0 aliphatic carbocycles. The minimum absolute atomic E-state index is 0.455. The second-order valence-corrected chi connectivity index (χ2v) is 5.29. The summed E-state index contributed by atoms with van der Waals surface area (Å²) in [4.78, 5) is 5.36. The molecule has 1 nitrogen and oxygen atoms in total. The van der Waals surface area contributed by atoms with E-state index in [4.69, 9.17) is 0 Å². The molecule has 0 amide bonds. The Balaban J connectivity index is 5.57. The Bertz CT molecular complexity index is 474. The topological polar surface area (TPSA) is 12.4 Å². The highest BCUT2D eigenvalue weighted by Gasteiger charge is 2.07. The Hall–Kier alpha value is -1.80. The number of rotatable bonds is 9. The van der Waals surface area contributed by atoms with E-state index >= 15 is 0 Å². The Morgan fingerprint density at radius 2 is 1.85 bits per heavy atom. The lowest BCUT2D eigenvalue weighted by Crippen LogP contribution is -2.01. The maximum absolute atomic E-state index is 4.52. The molecule has 0 fully saturated rings. The molecule has 0 aliphatic heterocycles. The van der Waals surface area contributed by atoms with Crippen molar-refractivity contribution < 1.29 is 0 Å². The smallest absolute Gasteiger partial charge is 0.0834 e. The number of thioether (sulfide) groups is 1. The minimum Gasteiger partial charge on any atom is -0.255 e. The molecule has 0 radical (unpaired) electrons. The third-order valence-corrected chi connectivity index (χ3v) is 2.79. The zero-order valence-electron chi connectivity index (χ0n) is 12.4. The lowest BCUT2D eigenvalue weighted by molar-refractivity contribution is 0.829. The highest BCUT2D eigenvalue weighted by Crippen LogP contribution is 2.21. The highest BCUT2D eigenvalue weighted by atomic mass is 32.2. The number of allylic oxidation sites excluding steroid dienone is 8. The van der Waals surface area contributed by atoms with Crippen LogP contribution in [0.1, 0.15) is 13.8 Å². The van der Waals surface area contributed by atoms with E-state index < -0.39 is 0 Å². The van der Waals surface area contributed by atoms with E-state index in [0.717, 1.165) is 16.2 Å². The number of hydrogen-bond acceptors (Lipinski definition) is 2. The maximum Gasteiger partial charge on any atom is 0.0834 e. The van der Waals surface area contributed by atoms with E-state index in [9.17, 15) is 0 Å². The van der Waals surface area contributed by atoms with Gasteiger partial charge in [-0.1, -0.05) is 88.4 Å². The van der Waals surface area contributed by atoms with E-state index in [-0.39, 0.29) is 0 Å². The zero-order chi connectivity index (χ0) is 15.4. The van der Waals surface area contributed by atoms with Crippen LogP contribution >= 0.6 is 11.8 Å². The van der Waals surface area contributed by atoms with Crippen molar-refractivity contribution in [1.29, 1.82) is 0 Å². The van der Waals surface area contributed by atoms with Gasteiger partial charge in [0.15, 0.2) is 0 Å². The predicted octanol–water partition coefficient (Wildman–Crippen LogP) is 5.84. The van der Waals surface area contributed by atoms with Crippen LogP contribution in [-0.2, 0) is 0 Å². The van der Waals surface area contributed by atoms with E-state index in [0.29, 0.717) is 5.92 Å². The van der Waals surface area contributed by atoms with Crippen LogP contribution in [0.3, 0.4) is 0 Å². The molecule has 0 aliphatic rings. The molecule has 0 aromatic carbocycles. The molecule has 2 heteroatoms. The van der Waals surface area contributed by atoms with Gasteiger partial charge in [0, 0.05) is 16.7 Å². The van der Waals surface area contributed by atoms with Crippen LogP contribution in [0.2, 0.25) is 0 Å². The van der Waals surface area contributed by atoms with E-state index in [1.165, 1.54) is 11.8 Å². The average Bonchev–Trinajstić information content (AvgIpc) is 2.40. The van der Waals surface area contributed by atoms with Crippen molar-refractivity contribution in [1.82, 2.24) is 0 Å². The summed E-state index contributed by atoms with van der Waals surface area (Å²) in [5.41, 5.74) is 1.75. The Labute approximate surface area is 127 Å². The van der Waals surface area contributed by atoms with Gasteiger partial charge < -0.3 is 0 Å². The SMILES string of the molecule is C=C\C=C/C(=C\C=C)C(=N/C=C\C(C)C)/C(=C)SC=C. The molecule has 0 unspecified atom stereocenters. The zero-order valence-corrected chi connectivity index (χ0v) is 13.2. The van der Waals surface area contributed by atoms with Gasteiger partial charge in [0.2, 0.25) is 0 Å². The predicted molar refractivity (Wildman–Crippen MR) is 96.0 cm³/mol. The van der Waals surface area contributed by atoms with Crippen molar-refractivity contribution in [3.05, 3.63) is 84.9 Å². The third-order valence-electron chi connectivity index (χ3n) is 2.15. The summed E-state index contributed by atoms with van der Waals surface area (Å²) in [5, 5.41) is 1.74. The Kier molecular flexibility index (Phi) is 10.1. The summed E-state index contributed by atoms with van der Waals surface area (Å²) in [6.07, 6.45) is 13.0. The molecule has 0 heterocycles. The molecular formula is C18H23NS. The number of hydrogen-bond donors (Lipinski definition) is 0. The van der Waals surface area contributed by atoms with Gasteiger partial charge in [-0.3, -0.25) is 4.99 Å². The van der Waals surface area contributed by atoms with Gasteiger partial charge in [-0.2, -0.15) is 0 Å². The van der Waals surface area contributed by atoms with Crippen LogP contribution < -0.4 is 0 Å². The van der Waals surface area contributed by atoms with Gasteiger partial charge >= 0.3 is 0 Å². The van der Waals surface area contributed by atoms with Crippen LogP contribution in [0.4, 0.5) is 0 Å². The first-order valence-corrected chi connectivity index (χ1v) is 7.28. The van der Waals surface area contributed by atoms with Gasteiger partial charge in [0.1, 0.15) is 0 Å². The van der Waals surface area contributed by atoms with Gasteiger partial charge in [0.25, 0.3) is 0 Å². The standard InChI is InChI=1S/C18H23NS/c1-7-10-12-17(11-8-2)18(16(6)20-9-3)19-14-13-15(4)5/h7-15H,1-3,6H2,4-5H3/b12-10-,14-13-,17-11+,19-18+. The van der Waals surface area contributed by atoms with E-state index in [2.05, 4.69) is 45.2 Å². The van der Waals surface area contributed by atoms with Crippen LogP contribution in [0.5, 0.6) is 0 Å². The van der Waals surface area contributed by atoms with Gasteiger partial charge in [-0.05, 0) is 11.3 Å². The molecule has 0 atom stereocenters.